The van der Waals surface area contributed by atoms with Crippen molar-refractivity contribution in [3.8, 4) is 5.75 Å². The van der Waals surface area contributed by atoms with Gasteiger partial charge >= 0.3 is 0 Å². The number of azo groups is 2. The standard InChI is InChI=1S/C22H16N4O/c27-21-15-14-16-8-4-5-11-18(16)22(21)26-25-20-13-7-6-12-19(20)24-23-17-9-2-1-3-10-17/h1-15,27H. The molecule has 27 heavy (non-hydrogen) atoms. The molecular formula is C22H16N4O. The minimum atomic E-state index is 0.0841. The van der Waals surface area contributed by atoms with Gasteiger partial charge in [-0.15, -0.1) is 15.3 Å². The molecule has 0 aliphatic heterocycles. The Morgan fingerprint density at radius 1 is 0.519 bits per heavy atom. The van der Waals surface area contributed by atoms with E-state index in [0.29, 0.717) is 17.1 Å². The Labute approximate surface area is 156 Å². The van der Waals surface area contributed by atoms with Crippen LogP contribution in [0, 0.1) is 0 Å². The third kappa shape index (κ3) is 3.72. The molecule has 4 rings (SSSR count). The average molecular weight is 352 g/mol. The molecule has 0 fully saturated rings. The number of nitrogens with zero attached hydrogens (tertiary/aromatic N) is 4. The van der Waals surface area contributed by atoms with Gasteiger partial charge in [-0.25, -0.2) is 0 Å². The van der Waals surface area contributed by atoms with Crippen LogP contribution in [0.2, 0.25) is 0 Å². The minimum Gasteiger partial charge on any atom is -0.506 e. The van der Waals surface area contributed by atoms with Crippen molar-refractivity contribution in [2.24, 2.45) is 20.5 Å². The number of benzene rings is 4. The largest absolute Gasteiger partial charge is 0.506 e. The summed E-state index contributed by atoms with van der Waals surface area (Å²) in [6.07, 6.45) is 0. The summed E-state index contributed by atoms with van der Waals surface area (Å²) in [6.45, 7) is 0. The normalized spacial score (nSPS) is 11.6. The first-order valence-corrected chi connectivity index (χ1v) is 8.49. The fourth-order valence-electron chi connectivity index (χ4n) is 2.69. The van der Waals surface area contributed by atoms with Crippen LogP contribution in [-0.2, 0) is 0 Å². The summed E-state index contributed by atoms with van der Waals surface area (Å²) in [5.41, 5.74) is 2.37. The van der Waals surface area contributed by atoms with Crippen LogP contribution >= 0.6 is 0 Å². The van der Waals surface area contributed by atoms with Crippen molar-refractivity contribution < 1.29 is 5.11 Å². The molecule has 0 atom stereocenters. The zero-order chi connectivity index (χ0) is 18.5. The molecular weight excluding hydrogens is 336 g/mol. The van der Waals surface area contributed by atoms with Gasteiger partial charge in [0.15, 0.2) is 0 Å². The summed E-state index contributed by atoms with van der Waals surface area (Å²) < 4.78 is 0. The van der Waals surface area contributed by atoms with Crippen molar-refractivity contribution in [2.45, 2.75) is 0 Å². The number of fused-ring (bicyclic) bond motifs is 1. The summed E-state index contributed by atoms with van der Waals surface area (Å²) in [5, 5.41) is 29.2. The fraction of sp³-hybridized carbons (Fsp3) is 0. The van der Waals surface area contributed by atoms with E-state index in [1.165, 1.54) is 0 Å². The fourth-order valence-corrected chi connectivity index (χ4v) is 2.69. The van der Waals surface area contributed by atoms with Crippen LogP contribution in [0.3, 0.4) is 0 Å². The van der Waals surface area contributed by atoms with Crippen molar-refractivity contribution in [3.05, 3.63) is 91.0 Å². The second kappa shape index (κ2) is 7.58. The first kappa shape index (κ1) is 16.6. The lowest BCUT2D eigenvalue weighted by molar-refractivity contribution is 0.477. The maximum atomic E-state index is 10.2. The molecule has 5 nitrogen and oxygen atoms in total. The number of hydrogen-bond acceptors (Lipinski definition) is 5. The van der Waals surface area contributed by atoms with Crippen LogP contribution in [0.5, 0.6) is 5.75 Å². The van der Waals surface area contributed by atoms with Gasteiger partial charge < -0.3 is 5.11 Å². The van der Waals surface area contributed by atoms with Gasteiger partial charge in [0.05, 0.1) is 5.69 Å². The Morgan fingerprint density at radius 2 is 1.15 bits per heavy atom. The van der Waals surface area contributed by atoms with Crippen molar-refractivity contribution in [1.29, 1.82) is 0 Å². The van der Waals surface area contributed by atoms with Crippen molar-refractivity contribution >= 4 is 33.5 Å². The van der Waals surface area contributed by atoms with E-state index < -0.39 is 0 Å². The van der Waals surface area contributed by atoms with E-state index in [1.54, 1.807) is 6.07 Å². The van der Waals surface area contributed by atoms with E-state index in [-0.39, 0.29) is 5.75 Å². The maximum absolute atomic E-state index is 10.2. The summed E-state index contributed by atoms with van der Waals surface area (Å²) >= 11 is 0. The molecule has 0 unspecified atom stereocenters. The first-order valence-electron chi connectivity index (χ1n) is 8.49. The van der Waals surface area contributed by atoms with E-state index >= 15 is 0 Å². The van der Waals surface area contributed by atoms with E-state index in [9.17, 15) is 5.11 Å². The molecule has 1 N–H and O–H groups in total. The van der Waals surface area contributed by atoms with Crippen molar-refractivity contribution in [3.63, 3.8) is 0 Å². The zero-order valence-electron chi connectivity index (χ0n) is 14.4. The molecule has 0 heterocycles. The van der Waals surface area contributed by atoms with Crippen LogP contribution in [0.15, 0.2) is 111 Å². The maximum Gasteiger partial charge on any atom is 0.143 e. The van der Waals surface area contributed by atoms with E-state index in [0.717, 1.165) is 16.5 Å². The molecule has 0 aliphatic carbocycles. The van der Waals surface area contributed by atoms with Gasteiger partial charge in [-0.2, -0.15) is 5.11 Å². The molecule has 0 radical (unpaired) electrons. The minimum absolute atomic E-state index is 0.0841. The molecule has 0 aromatic heterocycles. The van der Waals surface area contributed by atoms with E-state index in [4.69, 9.17) is 0 Å². The predicted molar refractivity (Wildman–Crippen MR) is 107 cm³/mol. The molecule has 0 bridgehead atoms. The zero-order valence-corrected chi connectivity index (χ0v) is 14.4. The Hall–Kier alpha value is -3.86. The highest BCUT2D eigenvalue weighted by Gasteiger charge is 2.06. The number of rotatable bonds is 4. The molecule has 5 heteroatoms. The van der Waals surface area contributed by atoms with Gasteiger partial charge in [-0.1, -0.05) is 60.7 Å². The highest BCUT2D eigenvalue weighted by molar-refractivity contribution is 5.95. The van der Waals surface area contributed by atoms with Gasteiger partial charge in [0.1, 0.15) is 22.8 Å². The predicted octanol–water partition coefficient (Wildman–Crippen LogP) is 7.38. The van der Waals surface area contributed by atoms with Crippen LogP contribution in [0.4, 0.5) is 22.7 Å². The molecule has 0 amide bonds. The topological polar surface area (TPSA) is 69.7 Å². The summed E-state index contributed by atoms with van der Waals surface area (Å²) in [7, 11) is 0. The average Bonchev–Trinajstić information content (AvgIpc) is 2.73. The molecule has 0 spiro atoms. The highest BCUT2D eigenvalue weighted by Crippen LogP contribution is 2.37. The lowest BCUT2D eigenvalue weighted by atomic mass is 10.1. The Bertz CT molecular complexity index is 1140. The Balaban J connectivity index is 1.70. The van der Waals surface area contributed by atoms with E-state index in [2.05, 4.69) is 20.5 Å². The second-order valence-corrected chi connectivity index (χ2v) is 5.88. The molecule has 4 aromatic carbocycles. The lowest BCUT2D eigenvalue weighted by Gasteiger charge is -2.04. The van der Waals surface area contributed by atoms with E-state index in [1.807, 2.05) is 84.9 Å². The molecule has 0 aliphatic rings. The van der Waals surface area contributed by atoms with Gasteiger partial charge in [-0.3, -0.25) is 0 Å². The van der Waals surface area contributed by atoms with Crippen molar-refractivity contribution in [1.82, 2.24) is 0 Å². The van der Waals surface area contributed by atoms with Crippen LogP contribution in [0.1, 0.15) is 0 Å². The third-order valence-electron chi connectivity index (χ3n) is 4.05. The summed E-state index contributed by atoms with van der Waals surface area (Å²) in [5.74, 6) is 0.0841. The van der Waals surface area contributed by atoms with Gasteiger partial charge in [-0.05, 0) is 35.7 Å². The number of phenols is 1. The highest BCUT2D eigenvalue weighted by atomic mass is 16.3. The SMILES string of the molecule is Oc1ccc2ccccc2c1N=Nc1ccccc1N=Nc1ccccc1. The molecule has 130 valence electrons. The van der Waals surface area contributed by atoms with Gasteiger partial charge in [0.25, 0.3) is 0 Å². The van der Waals surface area contributed by atoms with Gasteiger partial charge in [0.2, 0.25) is 0 Å². The molecule has 0 saturated carbocycles. The van der Waals surface area contributed by atoms with Crippen molar-refractivity contribution in [2.75, 3.05) is 0 Å². The monoisotopic (exact) mass is 352 g/mol. The van der Waals surface area contributed by atoms with Crippen LogP contribution in [-0.4, -0.2) is 5.11 Å². The molecule has 0 saturated heterocycles. The van der Waals surface area contributed by atoms with Gasteiger partial charge in [0, 0.05) is 5.39 Å². The summed E-state index contributed by atoms with van der Waals surface area (Å²) in [6, 6.07) is 28.1. The lowest BCUT2D eigenvalue weighted by Crippen LogP contribution is -1.75. The number of aromatic hydroxyl groups is 1. The van der Waals surface area contributed by atoms with Crippen LogP contribution < -0.4 is 0 Å². The van der Waals surface area contributed by atoms with Crippen LogP contribution in [0.25, 0.3) is 10.8 Å². The summed E-state index contributed by atoms with van der Waals surface area (Å²) in [4.78, 5) is 0. The number of hydrogen-bond donors (Lipinski definition) is 1. The second-order valence-electron chi connectivity index (χ2n) is 5.88. The Morgan fingerprint density at radius 3 is 1.93 bits per heavy atom. The Kier molecular flexibility index (Phi) is 4.66. The smallest absolute Gasteiger partial charge is 0.143 e. The molecule has 4 aromatic rings. The quantitative estimate of drug-likeness (QED) is 0.382. The third-order valence-corrected chi connectivity index (χ3v) is 4.05. The number of phenolic OH excluding ortho intramolecular Hbond substituents is 1. The first-order chi connectivity index (χ1) is 13.3.